The second kappa shape index (κ2) is 4.78. The highest BCUT2D eigenvalue weighted by molar-refractivity contribution is 5.30. The van der Waals surface area contributed by atoms with Crippen molar-refractivity contribution in [1.82, 2.24) is 15.3 Å². The Balaban J connectivity index is 2.32. The van der Waals surface area contributed by atoms with E-state index in [2.05, 4.69) is 15.3 Å². The van der Waals surface area contributed by atoms with E-state index in [9.17, 15) is 0 Å². The molecule has 1 aliphatic rings. The lowest BCUT2D eigenvalue weighted by molar-refractivity contribution is 0.374. The summed E-state index contributed by atoms with van der Waals surface area (Å²) >= 11 is 0. The fourth-order valence-electron chi connectivity index (χ4n) is 2.47. The molecule has 0 bridgehead atoms. The molecule has 4 nitrogen and oxygen atoms in total. The number of hydrogen-bond donors (Lipinski definition) is 1. The topological polar surface area (TPSA) is 47.0 Å². The van der Waals surface area contributed by atoms with Crippen LogP contribution in [-0.4, -0.2) is 30.2 Å². The minimum Gasteiger partial charge on any atom is -0.467 e. The Kier molecular flexibility index (Phi) is 3.39. The minimum absolute atomic E-state index is 0.475. The molecule has 2 rings (SSSR count). The predicted octanol–water partition coefficient (Wildman–Crippen LogP) is 1.57. The van der Waals surface area contributed by atoms with Crippen LogP contribution in [-0.2, 0) is 0 Å². The molecule has 1 atom stereocenters. The molecular formula is C12H19N3O. The molecule has 0 aliphatic carbocycles. The lowest BCUT2D eigenvalue weighted by Crippen LogP contribution is -2.29. The maximum absolute atomic E-state index is 5.08. The zero-order valence-electron chi connectivity index (χ0n) is 10.2. The number of ether oxygens (including phenoxy) is 1. The van der Waals surface area contributed by atoms with E-state index in [1.807, 2.05) is 13.8 Å². The Morgan fingerprint density at radius 1 is 1.25 bits per heavy atom. The average molecular weight is 221 g/mol. The molecule has 0 aromatic carbocycles. The summed E-state index contributed by atoms with van der Waals surface area (Å²) in [6.45, 7) is 6.26. The van der Waals surface area contributed by atoms with E-state index in [1.165, 1.54) is 18.4 Å². The third-order valence-corrected chi connectivity index (χ3v) is 3.19. The summed E-state index contributed by atoms with van der Waals surface area (Å²) in [6, 6.07) is 0.475. The Labute approximate surface area is 96.4 Å². The standard InChI is InChI=1S/C12H19N3O/c1-8-11(10-5-4-6-13-7-10)9(2)15-12(14-8)16-3/h10,13H,4-7H2,1-3H3. The summed E-state index contributed by atoms with van der Waals surface area (Å²) in [5.74, 6) is 0.555. The Hall–Kier alpha value is -1.16. The Morgan fingerprint density at radius 3 is 2.44 bits per heavy atom. The number of rotatable bonds is 2. The van der Waals surface area contributed by atoms with Crippen molar-refractivity contribution in [3.05, 3.63) is 17.0 Å². The van der Waals surface area contributed by atoms with E-state index in [-0.39, 0.29) is 0 Å². The average Bonchev–Trinajstić information content (AvgIpc) is 2.29. The molecule has 0 saturated carbocycles. The predicted molar refractivity (Wildman–Crippen MR) is 62.9 cm³/mol. The van der Waals surface area contributed by atoms with Crippen molar-refractivity contribution in [2.75, 3.05) is 20.2 Å². The lowest BCUT2D eigenvalue weighted by atomic mass is 9.90. The van der Waals surface area contributed by atoms with E-state index < -0.39 is 0 Å². The molecule has 1 N–H and O–H groups in total. The second-order valence-electron chi connectivity index (χ2n) is 4.34. The zero-order valence-corrected chi connectivity index (χ0v) is 10.2. The van der Waals surface area contributed by atoms with Crippen molar-refractivity contribution >= 4 is 0 Å². The van der Waals surface area contributed by atoms with Crippen molar-refractivity contribution in [1.29, 1.82) is 0 Å². The van der Waals surface area contributed by atoms with Gasteiger partial charge in [0.25, 0.3) is 0 Å². The first-order valence-corrected chi connectivity index (χ1v) is 5.82. The summed E-state index contributed by atoms with van der Waals surface area (Å²) in [7, 11) is 1.61. The molecule has 1 aliphatic heterocycles. The maximum Gasteiger partial charge on any atom is 0.316 e. The first-order valence-electron chi connectivity index (χ1n) is 5.82. The van der Waals surface area contributed by atoms with Crippen LogP contribution >= 0.6 is 0 Å². The summed E-state index contributed by atoms with van der Waals surface area (Å²) in [4.78, 5) is 8.73. The number of methoxy groups -OCH3 is 1. The van der Waals surface area contributed by atoms with Crippen LogP contribution in [0.1, 0.15) is 35.7 Å². The van der Waals surface area contributed by atoms with Gasteiger partial charge in [-0.3, -0.25) is 0 Å². The highest BCUT2D eigenvalue weighted by Crippen LogP contribution is 2.28. The van der Waals surface area contributed by atoms with Gasteiger partial charge in [0.2, 0.25) is 0 Å². The minimum atomic E-state index is 0.475. The van der Waals surface area contributed by atoms with Gasteiger partial charge in [0, 0.05) is 17.9 Å². The Bertz CT molecular complexity index is 350. The Morgan fingerprint density at radius 2 is 1.94 bits per heavy atom. The monoisotopic (exact) mass is 221 g/mol. The van der Waals surface area contributed by atoms with E-state index >= 15 is 0 Å². The quantitative estimate of drug-likeness (QED) is 0.823. The van der Waals surface area contributed by atoms with Crippen molar-refractivity contribution in [3.8, 4) is 6.01 Å². The fraction of sp³-hybridized carbons (Fsp3) is 0.667. The molecule has 0 spiro atoms. The van der Waals surface area contributed by atoms with Crippen LogP contribution in [0.2, 0.25) is 0 Å². The summed E-state index contributed by atoms with van der Waals surface area (Å²) < 4.78 is 5.08. The van der Waals surface area contributed by atoms with Crippen LogP contribution in [0.15, 0.2) is 0 Å². The van der Waals surface area contributed by atoms with Gasteiger partial charge in [-0.1, -0.05) is 0 Å². The third kappa shape index (κ3) is 2.16. The zero-order chi connectivity index (χ0) is 11.5. The maximum atomic E-state index is 5.08. The van der Waals surface area contributed by atoms with Gasteiger partial charge in [-0.25, -0.2) is 9.97 Å². The summed E-state index contributed by atoms with van der Waals surface area (Å²) in [5.41, 5.74) is 3.41. The smallest absolute Gasteiger partial charge is 0.316 e. The number of hydrogen-bond acceptors (Lipinski definition) is 4. The van der Waals surface area contributed by atoms with Gasteiger partial charge in [0.15, 0.2) is 0 Å². The number of aryl methyl sites for hydroxylation is 2. The summed E-state index contributed by atoms with van der Waals surface area (Å²) in [5, 5.41) is 3.43. The molecule has 1 aromatic rings. The van der Waals surface area contributed by atoms with Crippen molar-refractivity contribution in [2.45, 2.75) is 32.6 Å². The number of piperidine rings is 1. The van der Waals surface area contributed by atoms with Crippen molar-refractivity contribution in [2.24, 2.45) is 0 Å². The lowest BCUT2D eigenvalue weighted by Gasteiger charge is -2.25. The number of nitrogens with one attached hydrogen (secondary N) is 1. The summed E-state index contributed by atoms with van der Waals surface area (Å²) in [6.07, 6.45) is 2.46. The van der Waals surface area contributed by atoms with Crippen LogP contribution in [0.3, 0.4) is 0 Å². The van der Waals surface area contributed by atoms with Gasteiger partial charge in [-0.05, 0) is 44.7 Å². The SMILES string of the molecule is COc1nc(C)c(C2CCCNC2)c(C)n1. The molecule has 0 amide bonds. The van der Waals surface area contributed by atoms with E-state index in [1.54, 1.807) is 7.11 Å². The molecule has 88 valence electrons. The molecule has 1 fully saturated rings. The second-order valence-corrected chi connectivity index (χ2v) is 4.34. The van der Waals surface area contributed by atoms with Gasteiger partial charge >= 0.3 is 6.01 Å². The van der Waals surface area contributed by atoms with Gasteiger partial charge in [0.1, 0.15) is 0 Å². The van der Waals surface area contributed by atoms with Crippen LogP contribution in [0, 0.1) is 13.8 Å². The molecule has 0 radical (unpaired) electrons. The first kappa shape index (κ1) is 11.3. The number of nitrogens with zero attached hydrogens (tertiary/aromatic N) is 2. The van der Waals surface area contributed by atoms with Gasteiger partial charge in [-0.15, -0.1) is 0 Å². The normalized spacial score (nSPS) is 20.8. The highest BCUT2D eigenvalue weighted by atomic mass is 16.5. The van der Waals surface area contributed by atoms with E-state index in [4.69, 9.17) is 4.74 Å². The first-order chi connectivity index (χ1) is 7.72. The largest absolute Gasteiger partial charge is 0.467 e. The molecule has 16 heavy (non-hydrogen) atoms. The van der Waals surface area contributed by atoms with Crippen LogP contribution < -0.4 is 10.1 Å². The third-order valence-electron chi connectivity index (χ3n) is 3.19. The number of aromatic nitrogens is 2. The van der Waals surface area contributed by atoms with Crippen LogP contribution in [0.5, 0.6) is 6.01 Å². The van der Waals surface area contributed by atoms with Crippen molar-refractivity contribution < 1.29 is 4.74 Å². The molecule has 1 aromatic heterocycles. The molecule has 4 heteroatoms. The molecule has 1 unspecified atom stereocenters. The highest BCUT2D eigenvalue weighted by Gasteiger charge is 2.21. The van der Waals surface area contributed by atoms with E-state index in [0.29, 0.717) is 11.9 Å². The van der Waals surface area contributed by atoms with Gasteiger partial charge in [0.05, 0.1) is 7.11 Å². The molecule has 1 saturated heterocycles. The molecular weight excluding hydrogens is 202 g/mol. The van der Waals surface area contributed by atoms with Crippen LogP contribution in [0.25, 0.3) is 0 Å². The van der Waals surface area contributed by atoms with E-state index in [0.717, 1.165) is 24.5 Å². The molecule has 2 heterocycles. The van der Waals surface area contributed by atoms with Gasteiger partial charge < -0.3 is 10.1 Å². The van der Waals surface area contributed by atoms with Gasteiger partial charge in [-0.2, -0.15) is 0 Å². The fourth-order valence-corrected chi connectivity index (χ4v) is 2.47. The van der Waals surface area contributed by atoms with Crippen molar-refractivity contribution in [3.63, 3.8) is 0 Å². The van der Waals surface area contributed by atoms with Crippen LogP contribution in [0.4, 0.5) is 0 Å².